The number of rotatable bonds is 7. The summed E-state index contributed by atoms with van der Waals surface area (Å²) in [5, 5.41) is 0. The molecule has 0 spiro atoms. The fourth-order valence-electron chi connectivity index (χ4n) is 1.56. The third-order valence-electron chi connectivity index (χ3n) is 3.22. The fourth-order valence-corrected chi connectivity index (χ4v) is 1.56. The summed E-state index contributed by atoms with van der Waals surface area (Å²) in [5.41, 5.74) is 1.94. The van der Waals surface area contributed by atoms with Gasteiger partial charge in [-0.1, -0.05) is 19.1 Å². The van der Waals surface area contributed by atoms with E-state index in [0.29, 0.717) is 0 Å². The van der Waals surface area contributed by atoms with Crippen molar-refractivity contribution >= 4 is 11.5 Å². The number of ether oxygens (including phenoxy) is 3. The molecule has 0 fully saturated rings. The van der Waals surface area contributed by atoms with Gasteiger partial charge in [-0.25, -0.2) is 4.79 Å². The van der Waals surface area contributed by atoms with Gasteiger partial charge in [0.05, 0.1) is 19.5 Å². The Labute approximate surface area is 126 Å². The predicted octanol–water partition coefficient (Wildman–Crippen LogP) is 3.80. The van der Waals surface area contributed by atoms with Gasteiger partial charge < -0.3 is 14.2 Å². The summed E-state index contributed by atoms with van der Waals surface area (Å²) in [4.78, 5) is 11.8. The van der Waals surface area contributed by atoms with E-state index in [1.54, 1.807) is 20.3 Å². The van der Waals surface area contributed by atoms with E-state index in [1.165, 1.54) is 0 Å². The molecule has 4 nitrogen and oxygen atoms in total. The smallest absolute Gasteiger partial charge is 0.347 e. The van der Waals surface area contributed by atoms with Crippen molar-refractivity contribution in [2.45, 2.75) is 46.3 Å². The summed E-state index contributed by atoms with van der Waals surface area (Å²) in [6, 6.07) is 7.65. The van der Waals surface area contributed by atoms with Crippen molar-refractivity contribution in [3.63, 3.8) is 0 Å². The minimum atomic E-state index is -0.618. The largest absolute Gasteiger partial charge is 0.497 e. The van der Waals surface area contributed by atoms with Crippen LogP contribution >= 0.6 is 0 Å². The average molecular weight is 292 g/mol. The second-order valence-corrected chi connectivity index (χ2v) is 4.96. The van der Waals surface area contributed by atoms with Crippen molar-refractivity contribution in [2.75, 3.05) is 7.11 Å². The Kier molecular flexibility index (Phi) is 6.79. The first-order chi connectivity index (χ1) is 9.97. The molecule has 2 atom stereocenters. The highest BCUT2D eigenvalue weighted by Gasteiger charge is 2.17. The first-order valence-corrected chi connectivity index (χ1v) is 7.15. The van der Waals surface area contributed by atoms with E-state index in [1.807, 2.05) is 45.0 Å². The second kappa shape index (κ2) is 8.35. The molecule has 116 valence electrons. The Bertz CT molecular complexity index is 476. The third-order valence-corrected chi connectivity index (χ3v) is 3.22. The Balaban J connectivity index is 2.59. The Morgan fingerprint density at radius 2 is 1.86 bits per heavy atom. The number of hydrogen-bond acceptors (Lipinski definition) is 4. The Morgan fingerprint density at radius 1 is 1.24 bits per heavy atom. The molecule has 0 N–H and O–H groups in total. The maximum absolute atomic E-state index is 11.8. The molecule has 21 heavy (non-hydrogen) atoms. The number of carbonyl (C=O) groups is 1. The van der Waals surface area contributed by atoms with E-state index < -0.39 is 6.10 Å². The van der Waals surface area contributed by atoms with Crippen LogP contribution in [0.2, 0.25) is 0 Å². The molecule has 0 amide bonds. The van der Waals surface area contributed by atoms with Gasteiger partial charge in [0.15, 0.2) is 6.10 Å². The van der Waals surface area contributed by atoms with Gasteiger partial charge in [0, 0.05) is 0 Å². The predicted molar refractivity (Wildman–Crippen MR) is 83.0 cm³/mol. The first kappa shape index (κ1) is 17.1. The molecule has 4 heteroatoms. The first-order valence-electron chi connectivity index (χ1n) is 7.15. The summed E-state index contributed by atoms with van der Waals surface area (Å²) in [5.74, 6) is 0.459. The zero-order chi connectivity index (χ0) is 15.8. The van der Waals surface area contributed by atoms with Crippen LogP contribution in [-0.4, -0.2) is 25.3 Å². The minimum Gasteiger partial charge on any atom is -0.497 e. The van der Waals surface area contributed by atoms with Crippen LogP contribution in [0.3, 0.4) is 0 Å². The standard InChI is InChI=1S/C17H24O4/c1-6-13(3)21-17(18)14(4)20-11-12(2)15-7-9-16(19-5)10-8-15/h7-11,13-14H,6H2,1-5H3. The van der Waals surface area contributed by atoms with Crippen LogP contribution in [0.5, 0.6) is 5.75 Å². The van der Waals surface area contributed by atoms with Crippen LogP contribution < -0.4 is 4.74 Å². The van der Waals surface area contributed by atoms with E-state index in [2.05, 4.69) is 0 Å². The molecule has 0 aliphatic carbocycles. The van der Waals surface area contributed by atoms with Gasteiger partial charge in [-0.3, -0.25) is 0 Å². The molecule has 0 saturated heterocycles. The molecule has 0 aliphatic rings. The number of allylic oxidation sites excluding steroid dienone is 1. The van der Waals surface area contributed by atoms with Crippen molar-refractivity contribution in [1.29, 1.82) is 0 Å². The highest BCUT2D eigenvalue weighted by atomic mass is 16.6. The maximum atomic E-state index is 11.8. The minimum absolute atomic E-state index is 0.0878. The summed E-state index contributed by atoms with van der Waals surface area (Å²) in [6.07, 6.45) is 1.67. The van der Waals surface area contributed by atoms with Gasteiger partial charge in [0.2, 0.25) is 0 Å². The summed E-state index contributed by atoms with van der Waals surface area (Å²) in [6.45, 7) is 7.44. The van der Waals surface area contributed by atoms with Crippen LogP contribution in [0, 0.1) is 0 Å². The van der Waals surface area contributed by atoms with Crippen LogP contribution in [0.25, 0.3) is 5.57 Å². The topological polar surface area (TPSA) is 44.8 Å². The average Bonchev–Trinajstić information content (AvgIpc) is 2.51. The highest BCUT2D eigenvalue weighted by Crippen LogP contribution is 2.18. The lowest BCUT2D eigenvalue weighted by Gasteiger charge is -2.15. The molecule has 0 saturated carbocycles. The zero-order valence-corrected chi connectivity index (χ0v) is 13.4. The highest BCUT2D eigenvalue weighted by molar-refractivity contribution is 5.74. The molecule has 2 unspecified atom stereocenters. The Hall–Kier alpha value is -1.97. The SMILES string of the molecule is CCC(C)OC(=O)C(C)OC=C(C)c1ccc(OC)cc1. The van der Waals surface area contributed by atoms with Gasteiger partial charge in [-0.2, -0.15) is 0 Å². The number of benzene rings is 1. The molecule has 1 rings (SSSR count). The van der Waals surface area contributed by atoms with Gasteiger partial charge in [0.25, 0.3) is 0 Å². The fraction of sp³-hybridized carbons (Fsp3) is 0.471. The molecule has 0 aliphatic heterocycles. The maximum Gasteiger partial charge on any atom is 0.347 e. The molecular formula is C17H24O4. The lowest BCUT2D eigenvalue weighted by Crippen LogP contribution is -2.25. The quantitative estimate of drug-likeness (QED) is 0.566. The number of esters is 1. The zero-order valence-electron chi connectivity index (χ0n) is 13.4. The van der Waals surface area contributed by atoms with E-state index >= 15 is 0 Å². The summed E-state index contributed by atoms with van der Waals surface area (Å²) >= 11 is 0. The molecule has 0 radical (unpaired) electrons. The van der Waals surface area contributed by atoms with E-state index in [4.69, 9.17) is 14.2 Å². The van der Waals surface area contributed by atoms with Gasteiger partial charge in [0.1, 0.15) is 5.75 Å². The van der Waals surface area contributed by atoms with Crippen molar-refractivity contribution in [3.8, 4) is 5.75 Å². The lowest BCUT2D eigenvalue weighted by molar-refractivity contribution is -0.157. The third kappa shape index (κ3) is 5.50. The van der Waals surface area contributed by atoms with Crippen molar-refractivity contribution in [2.24, 2.45) is 0 Å². The monoisotopic (exact) mass is 292 g/mol. The van der Waals surface area contributed by atoms with Gasteiger partial charge >= 0.3 is 5.97 Å². The van der Waals surface area contributed by atoms with Crippen LogP contribution in [0.4, 0.5) is 0 Å². The van der Waals surface area contributed by atoms with Crippen molar-refractivity contribution in [1.82, 2.24) is 0 Å². The Morgan fingerprint density at radius 3 is 2.38 bits per heavy atom. The van der Waals surface area contributed by atoms with Crippen LogP contribution in [-0.2, 0) is 14.3 Å². The van der Waals surface area contributed by atoms with E-state index in [0.717, 1.165) is 23.3 Å². The van der Waals surface area contributed by atoms with E-state index in [-0.39, 0.29) is 12.1 Å². The molecule has 0 bridgehead atoms. The van der Waals surface area contributed by atoms with Gasteiger partial charge in [-0.15, -0.1) is 0 Å². The molecule has 0 aromatic heterocycles. The second-order valence-electron chi connectivity index (χ2n) is 4.96. The molecule has 1 aromatic rings. The molecule has 0 heterocycles. The van der Waals surface area contributed by atoms with Crippen molar-refractivity contribution in [3.05, 3.63) is 36.1 Å². The molecule has 1 aromatic carbocycles. The van der Waals surface area contributed by atoms with Gasteiger partial charge in [-0.05, 0) is 50.5 Å². The number of hydrogen-bond donors (Lipinski definition) is 0. The number of carbonyl (C=O) groups excluding carboxylic acids is 1. The van der Waals surface area contributed by atoms with Crippen LogP contribution in [0.1, 0.15) is 39.7 Å². The number of methoxy groups -OCH3 is 1. The summed E-state index contributed by atoms with van der Waals surface area (Å²) < 4.78 is 15.8. The summed E-state index contributed by atoms with van der Waals surface area (Å²) in [7, 11) is 1.63. The lowest BCUT2D eigenvalue weighted by atomic mass is 10.1. The van der Waals surface area contributed by atoms with Crippen molar-refractivity contribution < 1.29 is 19.0 Å². The van der Waals surface area contributed by atoms with Crippen LogP contribution in [0.15, 0.2) is 30.5 Å². The molecular weight excluding hydrogens is 268 g/mol. The van der Waals surface area contributed by atoms with E-state index in [9.17, 15) is 4.79 Å². The normalized spacial score (nSPS) is 14.2.